The van der Waals surface area contributed by atoms with Crippen LogP contribution in [-0.4, -0.2) is 23.0 Å². The van der Waals surface area contributed by atoms with Gasteiger partial charge in [0.15, 0.2) is 0 Å². The lowest BCUT2D eigenvalue weighted by Gasteiger charge is -2.33. The summed E-state index contributed by atoms with van der Waals surface area (Å²) in [5, 5.41) is 0. The number of amides is 1. The van der Waals surface area contributed by atoms with Crippen LogP contribution in [0.15, 0.2) is 60.7 Å². The highest BCUT2D eigenvalue weighted by Gasteiger charge is 2.51. The molecule has 3 unspecified atom stereocenters. The third-order valence-electron chi connectivity index (χ3n) is 4.73. The molecule has 1 heterocycles. The highest BCUT2D eigenvalue weighted by molar-refractivity contribution is 5.83. The van der Waals surface area contributed by atoms with Crippen molar-refractivity contribution < 1.29 is 9.53 Å². The molecule has 1 aliphatic carbocycles. The van der Waals surface area contributed by atoms with Crippen molar-refractivity contribution in [3.8, 4) is 5.75 Å². The zero-order chi connectivity index (χ0) is 14.9. The fraction of sp³-hybridized carbons (Fsp3) is 0.316. The Balaban J connectivity index is 1.50. The van der Waals surface area contributed by atoms with Crippen LogP contribution in [0, 0.1) is 5.92 Å². The van der Waals surface area contributed by atoms with Crippen LogP contribution in [0.1, 0.15) is 18.4 Å². The van der Waals surface area contributed by atoms with E-state index in [1.165, 1.54) is 5.56 Å². The summed E-state index contributed by atoms with van der Waals surface area (Å²) in [6.07, 6.45) is 1.90. The number of likely N-dealkylation sites (tertiary alicyclic amines) is 1. The quantitative estimate of drug-likeness (QED) is 0.866. The first kappa shape index (κ1) is 13.4. The van der Waals surface area contributed by atoms with Crippen molar-refractivity contribution >= 4 is 5.91 Å². The molecule has 2 fully saturated rings. The highest BCUT2D eigenvalue weighted by Crippen LogP contribution is 2.41. The number of fused-ring (bicyclic) bond motifs is 2. The van der Waals surface area contributed by atoms with Crippen LogP contribution < -0.4 is 4.74 Å². The maximum absolute atomic E-state index is 12.4. The van der Waals surface area contributed by atoms with Crippen LogP contribution >= 0.6 is 0 Å². The molecular weight excluding hydrogens is 274 g/mol. The van der Waals surface area contributed by atoms with Crippen molar-refractivity contribution in [2.45, 2.75) is 31.5 Å². The third-order valence-corrected chi connectivity index (χ3v) is 4.73. The molecule has 1 saturated carbocycles. The second kappa shape index (κ2) is 5.48. The van der Waals surface area contributed by atoms with E-state index in [9.17, 15) is 4.79 Å². The molecule has 2 aromatic rings. The van der Waals surface area contributed by atoms with E-state index in [-0.39, 0.29) is 18.1 Å². The zero-order valence-corrected chi connectivity index (χ0v) is 12.4. The van der Waals surface area contributed by atoms with Gasteiger partial charge in [-0.15, -0.1) is 0 Å². The first-order valence-electron chi connectivity index (χ1n) is 7.87. The van der Waals surface area contributed by atoms with Gasteiger partial charge >= 0.3 is 0 Å². The van der Waals surface area contributed by atoms with Crippen LogP contribution in [0.2, 0.25) is 0 Å². The predicted octanol–water partition coefficient (Wildman–Crippen LogP) is 3.26. The van der Waals surface area contributed by atoms with Gasteiger partial charge in [-0.3, -0.25) is 4.79 Å². The van der Waals surface area contributed by atoms with Crippen LogP contribution in [0.3, 0.4) is 0 Å². The van der Waals surface area contributed by atoms with Crippen molar-refractivity contribution in [2.24, 2.45) is 5.92 Å². The summed E-state index contributed by atoms with van der Waals surface area (Å²) in [6, 6.07) is 20.3. The largest absolute Gasteiger partial charge is 0.488 e. The molecule has 3 atom stereocenters. The van der Waals surface area contributed by atoms with Gasteiger partial charge in [-0.2, -0.15) is 0 Å². The lowest BCUT2D eigenvalue weighted by Crippen LogP contribution is -2.46. The number of rotatable bonds is 4. The molecule has 112 valence electrons. The molecule has 2 aromatic carbocycles. The van der Waals surface area contributed by atoms with E-state index < -0.39 is 0 Å². The van der Waals surface area contributed by atoms with Crippen LogP contribution in [0.5, 0.6) is 5.75 Å². The molecule has 4 rings (SSSR count). The molecule has 3 heteroatoms. The number of piperidine rings is 1. The van der Waals surface area contributed by atoms with Gasteiger partial charge in [-0.25, -0.2) is 0 Å². The number of hydrogen-bond acceptors (Lipinski definition) is 2. The van der Waals surface area contributed by atoms with Gasteiger partial charge in [0, 0.05) is 12.5 Å². The van der Waals surface area contributed by atoms with Gasteiger partial charge < -0.3 is 9.64 Å². The fourth-order valence-corrected chi connectivity index (χ4v) is 3.68. The normalized spacial score (nSPS) is 26.5. The van der Waals surface area contributed by atoms with E-state index in [0.717, 1.165) is 18.6 Å². The SMILES string of the molecule is O=C1C2CC(Oc3ccccc3)C(C2)N1Cc1ccccc1. The van der Waals surface area contributed by atoms with Crippen LogP contribution in [0.4, 0.5) is 0 Å². The smallest absolute Gasteiger partial charge is 0.226 e. The monoisotopic (exact) mass is 293 g/mol. The summed E-state index contributed by atoms with van der Waals surface area (Å²) >= 11 is 0. The van der Waals surface area contributed by atoms with Gasteiger partial charge in [-0.05, 0) is 30.5 Å². The average Bonchev–Trinajstić information content (AvgIpc) is 3.09. The number of carbonyl (C=O) groups excluding carboxylic acids is 1. The zero-order valence-electron chi connectivity index (χ0n) is 12.4. The number of ether oxygens (including phenoxy) is 1. The van der Waals surface area contributed by atoms with Crippen LogP contribution in [-0.2, 0) is 11.3 Å². The Bertz CT molecular complexity index is 656. The first-order valence-corrected chi connectivity index (χ1v) is 7.87. The maximum atomic E-state index is 12.4. The molecule has 3 nitrogen and oxygen atoms in total. The highest BCUT2D eigenvalue weighted by atomic mass is 16.5. The number of hydrogen-bond donors (Lipinski definition) is 0. The summed E-state index contributed by atoms with van der Waals surface area (Å²) in [5.74, 6) is 1.33. The van der Waals surface area contributed by atoms with Gasteiger partial charge in [0.25, 0.3) is 0 Å². The minimum absolute atomic E-state index is 0.119. The summed E-state index contributed by atoms with van der Waals surface area (Å²) in [7, 11) is 0. The predicted molar refractivity (Wildman–Crippen MR) is 84.4 cm³/mol. The number of benzene rings is 2. The average molecular weight is 293 g/mol. The summed E-state index contributed by atoms with van der Waals surface area (Å²) in [5.41, 5.74) is 1.18. The minimum atomic E-state index is 0.119. The van der Waals surface area contributed by atoms with Gasteiger partial charge in [-0.1, -0.05) is 48.5 Å². The molecule has 0 spiro atoms. The summed E-state index contributed by atoms with van der Waals surface area (Å²) in [4.78, 5) is 14.5. The van der Waals surface area contributed by atoms with Crippen molar-refractivity contribution in [1.82, 2.24) is 4.90 Å². The van der Waals surface area contributed by atoms with Gasteiger partial charge in [0.05, 0.1) is 6.04 Å². The second-order valence-electron chi connectivity index (χ2n) is 6.16. The summed E-state index contributed by atoms with van der Waals surface area (Å²) < 4.78 is 6.13. The number of carbonyl (C=O) groups is 1. The Kier molecular flexibility index (Phi) is 3.34. The van der Waals surface area contributed by atoms with E-state index in [4.69, 9.17) is 4.74 Å². The lowest BCUT2D eigenvalue weighted by atomic mass is 10.1. The van der Waals surface area contributed by atoms with Gasteiger partial charge in [0.2, 0.25) is 5.91 Å². The number of para-hydroxylation sites is 1. The third kappa shape index (κ3) is 2.37. The Morgan fingerprint density at radius 3 is 2.32 bits per heavy atom. The second-order valence-corrected chi connectivity index (χ2v) is 6.16. The van der Waals surface area contributed by atoms with E-state index in [2.05, 4.69) is 12.1 Å². The Labute approximate surface area is 130 Å². The molecule has 0 N–H and O–H groups in total. The topological polar surface area (TPSA) is 29.5 Å². The van der Waals surface area contributed by atoms with E-state index >= 15 is 0 Å². The minimum Gasteiger partial charge on any atom is -0.488 e. The van der Waals surface area contributed by atoms with Crippen LogP contribution in [0.25, 0.3) is 0 Å². The Morgan fingerprint density at radius 1 is 0.955 bits per heavy atom. The van der Waals surface area contributed by atoms with E-state index in [1.54, 1.807) is 0 Å². The summed E-state index contributed by atoms with van der Waals surface area (Å²) in [6.45, 7) is 0.690. The molecule has 0 aromatic heterocycles. The maximum Gasteiger partial charge on any atom is 0.226 e. The molecule has 1 aliphatic heterocycles. The fourth-order valence-electron chi connectivity index (χ4n) is 3.68. The van der Waals surface area contributed by atoms with Crippen molar-refractivity contribution in [3.05, 3.63) is 66.2 Å². The van der Waals surface area contributed by atoms with E-state index in [0.29, 0.717) is 12.5 Å². The molecule has 2 aliphatic rings. The van der Waals surface area contributed by atoms with E-state index in [1.807, 2.05) is 53.4 Å². The molecule has 2 bridgehead atoms. The van der Waals surface area contributed by atoms with Crippen molar-refractivity contribution in [3.63, 3.8) is 0 Å². The van der Waals surface area contributed by atoms with Crippen molar-refractivity contribution in [2.75, 3.05) is 0 Å². The molecule has 1 saturated heterocycles. The first-order chi connectivity index (χ1) is 10.8. The standard InChI is InChI=1S/C19H19NO2/c21-19-15-11-17(20(19)13-14-7-3-1-4-8-14)18(12-15)22-16-9-5-2-6-10-16/h1-10,15,17-18H,11-13H2. The molecule has 0 radical (unpaired) electrons. The number of nitrogens with zero attached hydrogens (tertiary/aromatic N) is 1. The Hall–Kier alpha value is -2.29. The molecule has 22 heavy (non-hydrogen) atoms. The molecule has 1 amide bonds. The Morgan fingerprint density at radius 2 is 1.64 bits per heavy atom. The molecular formula is C19H19NO2. The van der Waals surface area contributed by atoms with Gasteiger partial charge in [0.1, 0.15) is 11.9 Å². The lowest BCUT2D eigenvalue weighted by molar-refractivity contribution is -0.137. The van der Waals surface area contributed by atoms with Crippen molar-refractivity contribution in [1.29, 1.82) is 0 Å².